The predicted molar refractivity (Wildman–Crippen MR) is 112 cm³/mol. The number of unbranched alkanes of at least 4 members (excludes halogenated alkanes) is 3. The largest absolute Gasteiger partial charge is 0.481 e. The van der Waals surface area contributed by atoms with E-state index in [2.05, 4.69) is 5.32 Å². The summed E-state index contributed by atoms with van der Waals surface area (Å²) in [4.78, 5) is 37.0. The number of nitrogens with one attached hydrogen (secondary N) is 1. The summed E-state index contributed by atoms with van der Waals surface area (Å²) in [5.74, 6) is -2.85. The van der Waals surface area contributed by atoms with Crippen molar-refractivity contribution >= 4 is 17.8 Å². The Hall–Kier alpha value is -2.41. The Balaban J connectivity index is 2.90. The smallest absolute Gasteiger partial charge is 0.408 e. The Morgan fingerprint density at radius 2 is 1.69 bits per heavy atom. The minimum atomic E-state index is -1.17. The summed E-state index contributed by atoms with van der Waals surface area (Å²) in [5, 5.41) is 12.2. The monoisotopic (exact) mass is 406 g/mol. The molecule has 29 heavy (non-hydrogen) atoms. The van der Waals surface area contributed by atoms with Crippen LogP contribution < -0.4 is 11.1 Å². The summed E-state index contributed by atoms with van der Waals surface area (Å²) in [6, 6.07) is 8.20. The number of benzene rings is 1. The van der Waals surface area contributed by atoms with Gasteiger partial charge in [-0.2, -0.15) is 0 Å². The number of hydrogen-bond acceptors (Lipinski definition) is 5. The number of aliphatic carboxylic acids is 1. The van der Waals surface area contributed by atoms with Crippen molar-refractivity contribution in [3.8, 4) is 0 Å². The number of rotatable bonds is 12. The number of carbonyl (C=O) groups is 3. The molecule has 0 radical (unpaired) electrons. The number of amides is 1. The van der Waals surface area contributed by atoms with Crippen molar-refractivity contribution in [2.45, 2.75) is 70.9 Å². The minimum Gasteiger partial charge on any atom is -0.481 e. The number of ether oxygens (including phenoxy) is 1. The molecular weight excluding hydrogens is 372 g/mol. The van der Waals surface area contributed by atoms with E-state index in [4.69, 9.17) is 10.5 Å². The molecule has 0 bridgehead atoms. The number of nitrogens with two attached hydrogens (primary N) is 1. The lowest BCUT2D eigenvalue weighted by atomic mass is 9.89. The zero-order chi connectivity index (χ0) is 21.9. The van der Waals surface area contributed by atoms with E-state index in [9.17, 15) is 19.5 Å². The highest BCUT2D eigenvalue weighted by atomic mass is 16.6. The molecule has 0 aliphatic heterocycles. The lowest BCUT2D eigenvalue weighted by Crippen LogP contribution is -2.48. The van der Waals surface area contributed by atoms with Gasteiger partial charge in [-0.25, -0.2) is 4.79 Å². The van der Waals surface area contributed by atoms with E-state index in [-0.39, 0.29) is 12.8 Å². The Labute approximate surface area is 173 Å². The number of Topliss-reactive ketones (excluding diaryl/α,β-unsaturated/α-hetero) is 1. The topological polar surface area (TPSA) is 119 Å². The van der Waals surface area contributed by atoms with Crippen LogP contribution in [0.2, 0.25) is 0 Å². The van der Waals surface area contributed by atoms with Crippen LogP contribution in [0.15, 0.2) is 30.3 Å². The Morgan fingerprint density at radius 3 is 2.24 bits per heavy atom. The standard InChI is InChI=1S/C22H34N2O5/c1-22(2,3)29-21(28)24-18(15-16-11-7-6-8-12-16)19(25)17(20(26)27)13-9-4-5-10-14-23/h6-8,11-12,17-18H,4-5,9-10,13-15,23H2,1-3H3,(H,24,28)(H,26,27). The number of carbonyl (C=O) groups excluding carboxylic acids is 2. The van der Waals surface area contributed by atoms with Crippen LogP contribution in [0.5, 0.6) is 0 Å². The maximum Gasteiger partial charge on any atom is 0.408 e. The molecule has 0 aliphatic carbocycles. The van der Waals surface area contributed by atoms with Crippen molar-refractivity contribution in [2.75, 3.05) is 6.54 Å². The first-order valence-electron chi connectivity index (χ1n) is 10.1. The normalized spacial score (nSPS) is 13.4. The molecule has 0 heterocycles. The summed E-state index contributed by atoms with van der Waals surface area (Å²) in [7, 11) is 0. The number of alkyl carbamates (subject to hydrolysis) is 1. The third kappa shape index (κ3) is 10.1. The summed E-state index contributed by atoms with van der Waals surface area (Å²) in [6.45, 7) is 5.77. The van der Waals surface area contributed by atoms with Gasteiger partial charge >= 0.3 is 12.1 Å². The first kappa shape index (κ1) is 24.6. The highest BCUT2D eigenvalue weighted by Gasteiger charge is 2.33. The number of hydrogen-bond donors (Lipinski definition) is 3. The van der Waals surface area contributed by atoms with Crippen LogP contribution in [-0.2, 0) is 20.7 Å². The van der Waals surface area contributed by atoms with E-state index < -0.39 is 35.4 Å². The maximum atomic E-state index is 13.0. The number of carboxylic acid groups (broad SMARTS) is 1. The van der Waals surface area contributed by atoms with Crippen LogP contribution in [-0.4, -0.2) is 41.1 Å². The SMILES string of the molecule is CC(C)(C)OC(=O)NC(Cc1ccccc1)C(=O)C(CCCCCCN)C(=O)O. The molecule has 7 heteroatoms. The van der Waals surface area contributed by atoms with Crippen molar-refractivity contribution < 1.29 is 24.2 Å². The van der Waals surface area contributed by atoms with Crippen LogP contribution in [0.1, 0.15) is 58.4 Å². The number of ketones is 1. The molecule has 0 saturated carbocycles. The predicted octanol–water partition coefficient (Wildman–Crippen LogP) is 3.30. The van der Waals surface area contributed by atoms with Crippen molar-refractivity contribution in [1.82, 2.24) is 5.32 Å². The fourth-order valence-electron chi connectivity index (χ4n) is 3.00. The molecule has 1 rings (SSSR count). The summed E-state index contributed by atoms with van der Waals surface area (Å²) < 4.78 is 5.26. The first-order valence-corrected chi connectivity index (χ1v) is 10.1. The average Bonchev–Trinajstić information content (AvgIpc) is 2.62. The van der Waals surface area contributed by atoms with Gasteiger partial charge in [-0.3, -0.25) is 9.59 Å². The fourth-order valence-corrected chi connectivity index (χ4v) is 3.00. The zero-order valence-corrected chi connectivity index (χ0v) is 17.6. The van der Waals surface area contributed by atoms with E-state index in [1.54, 1.807) is 20.8 Å². The van der Waals surface area contributed by atoms with Gasteiger partial charge in [-0.15, -0.1) is 0 Å². The lowest BCUT2D eigenvalue weighted by Gasteiger charge is -2.25. The van der Waals surface area contributed by atoms with Gasteiger partial charge in [0.1, 0.15) is 11.5 Å². The van der Waals surface area contributed by atoms with E-state index in [0.717, 1.165) is 24.8 Å². The molecule has 0 saturated heterocycles. The summed E-state index contributed by atoms with van der Waals surface area (Å²) in [5.41, 5.74) is 5.57. The molecule has 0 fully saturated rings. The highest BCUT2D eigenvalue weighted by Crippen LogP contribution is 2.17. The Bertz CT molecular complexity index is 655. The molecule has 162 valence electrons. The minimum absolute atomic E-state index is 0.204. The molecule has 1 aromatic rings. The van der Waals surface area contributed by atoms with Gasteiger partial charge in [0.2, 0.25) is 0 Å². The third-order valence-corrected chi connectivity index (χ3v) is 4.41. The maximum absolute atomic E-state index is 13.0. The Kier molecular flexibility index (Phi) is 10.4. The van der Waals surface area contributed by atoms with Gasteiger partial charge in [-0.1, -0.05) is 49.6 Å². The summed E-state index contributed by atoms with van der Waals surface area (Å²) in [6.07, 6.45) is 2.92. The second-order valence-corrected chi connectivity index (χ2v) is 8.17. The highest BCUT2D eigenvalue weighted by molar-refractivity contribution is 6.02. The third-order valence-electron chi connectivity index (χ3n) is 4.41. The molecule has 1 amide bonds. The van der Waals surface area contributed by atoms with E-state index >= 15 is 0 Å². The number of carboxylic acids is 1. The average molecular weight is 407 g/mol. The molecule has 0 aromatic heterocycles. The molecule has 1 aromatic carbocycles. The molecule has 2 unspecified atom stereocenters. The first-order chi connectivity index (χ1) is 13.6. The van der Waals surface area contributed by atoms with Crippen LogP contribution in [0, 0.1) is 5.92 Å². The molecule has 7 nitrogen and oxygen atoms in total. The van der Waals surface area contributed by atoms with Crippen molar-refractivity contribution in [3.63, 3.8) is 0 Å². The van der Waals surface area contributed by atoms with Crippen molar-refractivity contribution in [2.24, 2.45) is 11.7 Å². The van der Waals surface area contributed by atoms with Gasteiger partial charge in [-0.05, 0) is 52.1 Å². The molecule has 0 aliphatic rings. The lowest BCUT2D eigenvalue weighted by molar-refractivity contribution is -0.147. The van der Waals surface area contributed by atoms with E-state index in [1.165, 1.54) is 0 Å². The summed E-state index contributed by atoms with van der Waals surface area (Å²) >= 11 is 0. The van der Waals surface area contributed by atoms with E-state index in [1.807, 2.05) is 30.3 Å². The van der Waals surface area contributed by atoms with Gasteiger partial charge in [0.05, 0.1) is 6.04 Å². The second kappa shape index (κ2) is 12.2. The second-order valence-electron chi connectivity index (χ2n) is 8.17. The molecule has 2 atom stereocenters. The van der Waals surface area contributed by atoms with Crippen LogP contribution in [0.3, 0.4) is 0 Å². The quantitative estimate of drug-likeness (QED) is 0.362. The van der Waals surface area contributed by atoms with Crippen molar-refractivity contribution in [3.05, 3.63) is 35.9 Å². The van der Waals surface area contributed by atoms with Gasteiger partial charge in [0.15, 0.2) is 5.78 Å². The van der Waals surface area contributed by atoms with Crippen LogP contribution >= 0.6 is 0 Å². The zero-order valence-electron chi connectivity index (χ0n) is 17.6. The van der Waals surface area contributed by atoms with E-state index in [0.29, 0.717) is 13.0 Å². The molecule has 0 spiro atoms. The van der Waals surface area contributed by atoms with Gasteiger partial charge < -0.3 is 20.9 Å². The molecular formula is C22H34N2O5. The van der Waals surface area contributed by atoms with Crippen LogP contribution in [0.25, 0.3) is 0 Å². The fraction of sp³-hybridized carbons (Fsp3) is 0.591. The Morgan fingerprint density at radius 1 is 1.07 bits per heavy atom. The van der Waals surface area contributed by atoms with Crippen molar-refractivity contribution in [1.29, 1.82) is 0 Å². The van der Waals surface area contributed by atoms with Crippen LogP contribution in [0.4, 0.5) is 4.79 Å². The van der Waals surface area contributed by atoms with Gasteiger partial charge in [0, 0.05) is 0 Å². The molecule has 4 N–H and O–H groups in total. The van der Waals surface area contributed by atoms with Gasteiger partial charge in [0.25, 0.3) is 0 Å².